The third-order valence-electron chi connectivity index (χ3n) is 4.45. The van der Waals surface area contributed by atoms with E-state index >= 15 is 0 Å². The number of aliphatic carboxylic acids is 1. The summed E-state index contributed by atoms with van der Waals surface area (Å²) in [5, 5.41) is 12.0. The van der Waals surface area contributed by atoms with Crippen LogP contribution in [0.5, 0.6) is 0 Å². The summed E-state index contributed by atoms with van der Waals surface area (Å²) >= 11 is 0. The van der Waals surface area contributed by atoms with Gasteiger partial charge in [-0.3, -0.25) is 9.59 Å². The van der Waals surface area contributed by atoms with Gasteiger partial charge in [0.1, 0.15) is 0 Å². The van der Waals surface area contributed by atoms with Crippen molar-refractivity contribution in [2.24, 2.45) is 23.2 Å². The van der Waals surface area contributed by atoms with Crippen LogP contribution in [0.1, 0.15) is 47.0 Å². The van der Waals surface area contributed by atoms with Crippen molar-refractivity contribution in [1.29, 1.82) is 0 Å². The van der Waals surface area contributed by atoms with Gasteiger partial charge in [-0.25, -0.2) is 0 Å². The average molecular weight is 255 g/mol. The maximum absolute atomic E-state index is 12.1. The Balaban J connectivity index is 2.53. The summed E-state index contributed by atoms with van der Waals surface area (Å²) in [4.78, 5) is 23.1. The van der Waals surface area contributed by atoms with E-state index in [9.17, 15) is 9.59 Å². The van der Waals surface area contributed by atoms with E-state index in [0.29, 0.717) is 25.3 Å². The molecule has 1 fully saturated rings. The van der Waals surface area contributed by atoms with Crippen molar-refractivity contribution in [3.8, 4) is 0 Å². The molecule has 4 heteroatoms. The third kappa shape index (κ3) is 3.47. The van der Waals surface area contributed by atoms with Gasteiger partial charge in [-0.05, 0) is 24.2 Å². The van der Waals surface area contributed by atoms with Crippen molar-refractivity contribution in [3.63, 3.8) is 0 Å². The van der Waals surface area contributed by atoms with Crippen molar-refractivity contribution in [3.05, 3.63) is 0 Å². The van der Waals surface area contributed by atoms with Crippen LogP contribution in [-0.4, -0.2) is 23.5 Å². The van der Waals surface area contributed by atoms with Gasteiger partial charge in [0.25, 0.3) is 0 Å². The summed E-state index contributed by atoms with van der Waals surface area (Å²) in [5.74, 6) is -1.29. The van der Waals surface area contributed by atoms with E-state index in [1.807, 2.05) is 0 Å². The number of carboxylic acids is 1. The lowest BCUT2D eigenvalue weighted by Crippen LogP contribution is -2.41. The molecule has 0 spiro atoms. The first kappa shape index (κ1) is 15.0. The maximum atomic E-state index is 12.1. The van der Waals surface area contributed by atoms with Crippen LogP contribution in [0.2, 0.25) is 0 Å². The largest absolute Gasteiger partial charge is 0.481 e. The Morgan fingerprint density at radius 3 is 2.33 bits per heavy atom. The number of hydrogen-bond donors (Lipinski definition) is 2. The minimum Gasteiger partial charge on any atom is -0.481 e. The zero-order chi connectivity index (χ0) is 13.9. The number of carbonyl (C=O) groups excluding carboxylic acids is 1. The molecule has 2 atom stereocenters. The molecule has 1 rings (SSSR count). The summed E-state index contributed by atoms with van der Waals surface area (Å²) in [6, 6.07) is 0. The van der Waals surface area contributed by atoms with E-state index in [-0.39, 0.29) is 17.2 Å². The summed E-state index contributed by atoms with van der Waals surface area (Å²) in [6.07, 6.45) is 2.16. The Hall–Kier alpha value is -1.06. The predicted octanol–water partition coefficient (Wildman–Crippen LogP) is 2.29. The van der Waals surface area contributed by atoms with Gasteiger partial charge in [-0.1, -0.05) is 34.1 Å². The zero-order valence-electron chi connectivity index (χ0n) is 11.8. The number of hydrogen-bond acceptors (Lipinski definition) is 2. The maximum Gasteiger partial charge on any atom is 0.307 e. The van der Waals surface area contributed by atoms with Gasteiger partial charge in [0.05, 0.1) is 11.8 Å². The molecule has 0 saturated heterocycles. The molecular formula is C14H25NO3. The normalized spacial score (nSPS) is 24.3. The Morgan fingerprint density at radius 2 is 1.83 bits per heavy atom. The number of amides is 1. The summed E-state index contributed by atoms with van der Waals surface area (Å²) < 4.78 is 0. The molecule has 1 aliphatic rings. The van der Waals surface area contributed by atoms with Crippen LogP contribution in [0.15, 0.2) is 0 Å². The second kappa shape index (κ2) is 5.72. The quantitative estimate of drug-likeness (QED) is 0.792. The van der Waals surface area contributed by atoms with Gasteiger partial charge < -0.3 is 10.4 Å². The molecule has 2 unspecified atom stereocenters. The van der Waals surface area contributed by atoms with Crippen molar-refractivity contribution in [2.45, 2.75) is 47.0 Å². The van der Waals surface area contributed by atoms with Crippen LogP contribution in [0, 0.1) is 23.2 Å². The molecule has 1 aliphatic carbocycles. The Kier molecular flexibility index (Phi) is 4.77. The van der Waals surface area contributed by atoms with Crippen LogP contribution in [0.3, 0.4) is 0 Å². The third-order valence-corrected chi connectivity index (χ3v) is 4.45. The zero-order valence-corrected chi connectivity index (χ0v) is 11.8. The highest BCUT2D eigenvalue weighted by atomic mass is 16.4. The second-order valence-corrected chi connectivity index (χ2v) is 6.34. The number of carbonyl (C=O) groups is 2. The van der Waals surface area contributed by atoms with Gasteiger partial charge in [-0.15, -0.1) is 0 Å². The molecule has 4 nitrogen and oxygen atoms in total. The first-order valence-electron chi connectivity index (χ1n) is 6.76. The fourth-order valence-corrected chi connectivity index (χ4v) is 2.22. The van der Waals surface area contributed by atoms with E-state index in [1.165, 1.54) is 0 Å². The summed E-state index contributed by atoms with van der Waals surface area (Å²) in [5.41, 5.74) is 0.0347. The molecule has 0 aromatic carbocycles. The standard InChI is InChI=1S/C14H25NO3/c1-9(2)14(3,4)8-15-12(16)10-6-5-7-11(10)13(17)18/h9-11H,5-8H2,1-4H3,(H,15,16)(H,17,18). The number of rotatable bonds is 5. The van der Waals surface area contributed by atoms with Crippen LogP contribution >= 0.6 is 0 Å². The molecule has 0 aromatic heterocycles. The predicted molar refractivity (Wildman–Crippen MR) is 70.1 cm³/mol. The molecule has 2 N–H and O–H groups in total. The lowest BCUT2D eigenvalue weighted by atomic mass is 9.81. The second-order valence-electron chi connectivity index (χ2n) is 6.34. The monoisotopic (exact) mass is 255 g/mol. The highest BCUT2D eigenvalue weighted by Crippen LogP contribution is 2.32. The summed E-state index contributed by atoms with van der Waals surface area (Å²) in [6.45, 7) is 9.08. The van der Waals surface area contributed by atoms with Gasteiger partial charge in [0.2, 0.25) is 5.91 Å². The minimum atomic E-state index is -0.837. The van der Waals surface area contributed by atoms with Crippen molar-refractivity contribution in [2.75, 3.05) is 6.54 Å². The van der Waals surface area contributed by atoms with Crippen LogP contribution < -0.4 is 5.32 Å². The Morgan fingerprint density at radius 1 is 1.28 bits per heavy atom. The van der Waals surface area contributed by atoms with E-state index in [4.69, 9.17) is 5.11 Å². The fourth-order valence-electron chi connectivity index (χ4n) is 2.22. The van der Waals surface area contributed by atoms with E-state index in [2.05, 4.69) is 33.0 Å². The van der Waals surface area contributed by atoms with E-state index < -0.39 is 11.9 Å². The number of nitrogens with one attached hydrogen (secondary N) is 1. The van der Waals surface area contributed by atoms with Gasteiger partial charge in [0, 0.05) is 6.54 Å². The van der Waals surface area contributed by atoms with Gasteiger partial charge in [-0.2, -0.15) is 0 Å². The molecule has 0 bridgehead atoms. The van der Waals surface area contributed by atoms with Crippen LogP contribution in [0.4, 0.5) is 0 Å². The molecular weight excluding hydrogens is 230 g/mol. The fraction of sp³-hybridized carbons (Fsp3) is 0.857. The van der Waals surface area contributed by atoms with Gasteiger partial charge in [0.15, 0.2) is 0 Å². The smallest absolute Gasteiger partial charge is 0.307 e. The SMILES string of the molecule is CC(C)C(C)(C)CNC(=O)C1CCCC1C(=O)O. The highest BCUT2D eigenvalue weighted by molar-refractivity contribution is 5.85. The number of carboxylic acid groups (broad SMARTS) is 1. The van der Waals surface area contributed by atoms with Gasteiger partial charge >= 0.3 is 5.97 Å². The Bertz CT molecular complexity index is 323. The van der Waals surface area contributed by atoms with E-state index in [0.717, 1.165) is 6.42 Å². The van der Waals surface area contributed by atoms with Crippen molar-refractivity contribution >= 4 is 11.9 Å². The molecule has 0 radical (unpaired) electrons. The average Bonchev–Trinajstić information content (AvgIpc) is 2.74. The van der Waals surface area contributed by atoms with Crippen molar-refractivity contribution in [1.82, 2.24) is 5.32 Å². The lowest BCUT2D eigenvalue weighted by molar-refractivity contribution is -0.146. The van der Waals surface area contributed by atoms with Crippen molar-refractivity contribution < 1.29 is 14.7 Å². The topological polar surface area (TPSA) is 66.4 Å². The molecule has 0 aliphatic heterocycles. The molecule has 0 aromatic rings. The first-order chi connectivity index (χ1) is 8.25. The summed E-state index contributed by atoms with van der Waals surface area (Å²) in [7, 11) is 0. The first-order valence-corrected chi connectivity index (χ1v) is 6.76. The van der Waals surface area contributed by atoms with Crippen LogP contribution in [0.25, 0.3) is 0 Å². The molecule has 18 heavy (non-hydrogen) atoms. The van der Waals surface area contributed by atoms with Crippen LogP contribution in [-0.2, 0) is 9.59 Å². The van der Waals surface area contributed by atoms with E-state index in [1.54, 1.807) is 0 Å². The molecule has 0 heterocycles. The lowest BCUT2D eigenvalue weighted by Gasteiger charge is -2.30. The highest BCUT2D eigenvalue weighted by Gasteiger charge is 2.38. The minimum absolute atomic E-state index is 0.0347. The molecule has 104 valence electrons. The Labute approximate surface area is 109 Å². The molecule has 1 saturated carbocycles. The molecule has 1 amide bonds.